The van der Waals surface area contributed by atoms with Gasteiger partial charge in [-0.05, 0) is 28.9 Å². The van der Waals surface area contributed by atoms with Gasteiger partial charge in [-0.15, -0.1) is 0 Å². The number of nitrogens with zero attached hydrogens (tertiary/aromatic N) is 3. The SMILES string of the molecule is CCn1cc(Br)cc1C(=O)Nc1nn(C)cc1S(N)(=O)=O. The fourth-order valence-corrected chi connectivity index (χ4v) is 2.98. The van der Waals surface area contributed by atoms with Crippen LogP contribution in [0.15, 0.2) is 27.8 Å². The summed E-state index contributed by atoms with van der Waals surface area (Å²) in [6.07, 6.45) is 2.99. The van der Waals surface area contributed by atoms with E-state index in [0.29, 0.717) is 12.2 Å². The van der Waals surface area contributed by atoms with Gasteiger partial charge in [0, 0.05) is 30.5 Å². The van der Waals surface area contributed by atoms with Crippen LogP contribution in [0, 0.1) is 0 Å². The van der Waals surface area contributed by atoms with Gasteiger partial charge in [-0.2, -0.15) is 5.10 Å². The van der Waals surface area contributed by atoms with E-state index in [4.69, 9.17) is 5.14 Å². The molecule has 21 heavy (non-hydrogen) atoms. The first-order valence-corrected chi connectivity index (χ1v) is 8.29. The van der Waals surface area contributed by atoms with Crippen molar-refractivity contribution >= 4 is 37.7 Å². The van der Waals surface area contributed by atoms with Gasteiger partial charge in [-0.1, -0.05) is 0 Å². The molecule has 0 spiro atoms. The van der Waals surface area contributed by atoms with E-state index in [2.05, 4.69) is 26.3 Å². The minimum absolute atomic E-state index is 0.0926. The second kappa shape index (κ2) is 5.62. The molecule has 8 nitrogen and oxygen atoms in total. The molecule has 0 aliphatic heterocycles. The third kappa shape index (κ3) is 3.34. The van der Waals surface area contributed by atoms with Crippen LogP contribution >= 0.6 is 15.9 Å². The minimum Gasteiger partial charge on any atom is -0.343 e. The van der Waals surface area contributed by atoms with Crippen molar-refractivity contribution in [1.82, 2.24) is 14.3 Å². The number of carbonyl (C=O) groups excluding carboxylic acids is 1. The van der Waals surface area contributed by atoms with Gasteiger partial charge in [-0.25, -0.2) is 13.6 Å². The van der Waals surface area contributed by atoms with Crippen molar-refractivity contribution in [3.63, 3.8) is 0 Å². The molecule has 10 heteroatoms. The number of carbonyl (C=O) groups is 1. The molecule has 0 fully saturated rings. The monoisotopic (exact) mass is 375 g/mol. The van der Waals surface area contributed by atoms with Crippen LogP contribution in [-0.4, -0.2) is 28.7 Å². The molecule has 0 bridgehead atoms. The van der Waals surface area contributed by atoms with Gasteiger partial charge in [0.05, 0.1) is 0 Å². The summed E-state index contributed by atoms with van der Waals surface area (Å²) in [6.45, 7) is 2.48. The molecular weight excluding hydrogens is 362 g/mol. The zero-order valence-electron chi connectivity index (χ0n) is 11.4. The highest BCUT2D eigenvalue weighted by molar-refractivity contribution is 9.10. The molecule has 3 N–H and O–H groups in total. The molecule has 0 saturated carbocycles. The Morgan fingerprint density at radius 3 is 2.71 bits per heavy atom. The number of hydrogen-bond acceptors (Lipinski definition) is 4. The molecule has 0 aliphatic rings. The zero-order valence-corrected chi connectivity index (χ0v) is 13.8. The Balaban J connectivity index is 2.36. The number of primary sulfonamides is 1. The van der Waals surface area contributed by atoms with Crippen molar-refractivity contribution in [2.45, 2.75) is 18.4 Å². The van der Waals surface area contributed by atoms with Crippen molar-refractivity contribution in [2.75, 3.05) is 5.32 Å². The minimum atomic E-state index is -3.97. The van der Waals surface area contributed by atoms with Crippen LogP contribution in [0.3, 0.4) is 0 Å². The average Bonchev–Trinajstić information content (AvgIpc) is 2.91. The summed E-state index contributed by atoms with van der Waals surface area (Å²) < 4.78 is 26.7. The smallest absolute Gasteiger partial charge is 0.273 e. The van der Waals surface area contributed by atoms with Crippen molar-refractivity contribution in [2.24, 2.45) is 12.2 Å². The number of nitrogens with two attached hydrogens (primary N) is 1. The van der Waals surface area contributed by atoms with Gasteiger partial charge in [0.2, 0.25) is 10.0 Å². The second-order valence-corrected chi connectivity index (χ2v) is 6.79. The highest BCUT2D eigenvalue weighted by atomic mass is 79.9. The van der Waals surface area contributed by atoms with Crippen LogP contribution in [-0.2, 0) is 23.6 Å². The Kier molecular flexibility index (Phi) is 4.21. The number of sulfonamides is 1. The van der Waals surface area contributed by atoms with E-state index >= 15 is 0 Å². The molecule has 0 atom stereocenters. The van der Waals surface area contributed by atoms with E-state index in [9.17, 15) is 13.2 Å². The van der Waals surface area contributed by atoms with Crippen molar-refractivity contribution in [3.05, 3.63) is 28.6 Å². The van der Waals surface area contributed by atoms with Crippen LogP contribution in [0.2, 0.25) is 0 Å². The Bertz CT molecular complexity index is 793. The third-order valence-corrected chi connectivity index (χ3v) is 4.12. The fraction of sp³-hybridized carbons (Fsp3) is 0.273. The van der Waals surface area contributed by atoms with E-state index < -0.39 is 15.9 Å². The Morgan fingerprint density at radius 1 is 1.48 bits per heavy atom. The molecule has 2 heterocycles. The maximum absolute atomic E-state index is 12.3. The molecule has 2 aromatic rings. The predicted molar refractivity (Wildman–Crippen MR) is 80.3 cm³/mol. The predicted octanol–water partition coefficient (Wildman–Crippen LogP) is 0.904. The molecule has 0 aromatic carbocycles. The molecule has 0 radical (unpaired) electrons. The first-order valence-electron chi connectivity index (χ1n) is 5.96. The number of aryl methyl sites for hydroxylation is 2. The standard InChI is InChI=1S/C11H14BrN5O3S/c1-3-17-5-7(12)4-8(17)11(18)14-10-9(21(13,19)20)6-16(2)15-10/h4-6H,3H2,1-2H3,(H2,13,19,20)(H,14,15,18). The highest BCUT2D eigenvalue weighted by Crippen LogP contribution is 2.20. The lowest BCUT2D eigenvalue weighted by Gasteiger charge is -2.06. The highest BCUT2D eigenvalue weighted by Gasteiger charge is 2.21. The van der Waals surface area contributed by atoms with Crippen molar-refractivity contribution in [3.8, 4) is 0 Å². The zero-order chi connectivity index (χ0) is 15.8. The van der Waals surface area contributed by atoms with Crippen LogP contribution in [0.4, 0.5) is 5.82 Å². The molecule has 114 valence electrons. The van der Waals surface area contributed by atoms with E-state index in [1.807, 2.05) is 6.92 Å². The Morgan fingerprint density at radius 2 is 2.14 bits per heavy atom. The number of nitrogens with one attached hydrogen (secondary N) is 1. The maximum atomic E-state index is 12.3. The lowest BCUT2D eigenvalue weighted by molar-refractivity contribution is 0.101. The largest absolute Gasteiger partial charge is 0.343 e. The Labute approximate surface area is 130 Å². The van der Waals surface area contributed by atoms with Crippen LogP contribution < -0.4 is 10.5 Å². The van der Waals surface area contributed by atoms with Gasteiger partial charge in [0.25, 0.3) is 5.91 Å². The summed E-state index contributed by atoms with van der Waals surface area (Å²) in [5.41, 5.74) is 0.385. The molecule has 1 amide bonds. The number of hydrogen-bond donors (Lipinski definition) is 2. The molecule has 0 saturated heterocycles. The quantitative estimate of drug-likeness (QED) is 0.826. The van der Waals surface area contributed by atoms with Crippen LogP contribution in [0.25, 0.3) is 0 Å². The second-order valence-electron chi connectivity index (χ2n) is 4.34. The first kappa shape index (κ1) is 15.7. The Hall–Kier alpha value is -1.65. The van der Waals surface area contributed by atoms with Gasteiger partial charge in [0.15, 0.2) is 5.82 Å². The van der Waals surface area contributed by atoms with Crippen molar-refractivity contribution in [1.29, 1.82) is 0 Å². The first-order chi connectivity index (χ1) is 9.72. The lowest BCUT2D eigenvalue weighted by atomic mass is 10.4. The van der Waals surface area contributed by atoms with E-state index in [1.54, 1.807) is 16.8 Å². The summed E-state index contributed by atoms with van der Waals surface area (Å²) in [7, 11) is -2.43. The van der Waals surface area contributed by atoms with Gasteiger partial charge >= 0.3 is 0 Å². The molecular formula is C11H14BrN5O3S. The number of aromatic nitrogens is 3. The topological polar surface area (TPSA) is 112 Å². The number of anilines is 1. The number of halogens is 1. The molecule has 0 aliphatic carbocycles. The normalized spacial score (nSPS) is 11.6. The van der Waals surface area contributed by atoms with Crippen LogP contribution in [0.5, 0.6) is 0 Å². The van der Waals surface area contributed by atoms with Crippen molar-refractivity contribution < 1.29 is 13.2 Å². The number of rotatable bonds is 4. The molecule has 2 rings (SSSR count). The fourth-order valence-electron chi connectivity index (χ4n) is 1.86. The van der Waals surface area contributed by atoms with Gasteiger partial charge in [0.1, 0.15) is 10.6 Å². The summed E-state index contributed by atoms with van der Waals surface area (Å²) in [5, 5.41) is 11.5. The lowest BCUT2D eigenvalue weighted by Crippen LogP contribution is -2.20. The maximum Gasteiger partial charge on any atom is 0.273 e. The molecule has 0 unspecified atom stereocenters. The molecule has 2 aromatic heterocycles. The van der Waals surface area contributed by atoms with Crippen LogP contribution in [0.1, 0.15) is 17.4 Å². The summed E-state index contributed by atoms with van der Waals surface area (Å²) in [6, 6.07) is 1.64. The van der Waals surface area contributed by atoms with Gasteiger partial charge in [-0.3, -0.25) is 9.48 Å². The third-order valence-electron chi connectivity index (χ3n) is 2.77. The number of amides is 1. The van der Waals surface area contributed by atoms with E-state index in [1.165, 1.54) is 17.9 Å². The summed E-state index contributed by atoms with van der Waals surface area (Å²) in [5.74, 6) is -0.559. The summed E-state index contributed by atoms with van der Waals surface area (Å²) >= 11 is 3.29. The average molecular weight is 376 g/mol. The van der Waals surface area contributed by atoms with Gasteiger partial charge < -0.3 is 9.88 Å². The summed E-state index contributed by atoms with van der Waals surface area (Å²) in [4.78, 5) is 12.0. The van der Waals surface area contributed by atoms with E-state index in [0.717, 1.165) is 4.47 Å². The van der Waals surface area contributed by atoms with E-state index in [-0.39, 0.29) is 10.7 Å².